The molecule has 1 amide bonds. The van der Waals surface area contributed by atoms with Crippen LogP contribution < -0.4 is 0 Å². The van der Waals surface area contributed by atoms with E-state index in [0.717, 1.165) is 37.3 Å². The average molecular weight is 316 g/mol. The third-order valence-electron chi connectivity index (χ3n) is 3.81. The Morgan fingerprint density at radius 1 is 1.23 bits per heavy atom. The lowest BCUT2D eigenvalue weighted by Gasteiger charge is -2.28. The van der Waals surface area contributed by atoms with Crippen LogP contribution in [0.4, 0.5) is 0 Å². The first-order valence-electron chi connectivity index (χ1n) is 7.67. The summed E-state index contributed by atoms with van der Waals surface area (Å²) in [6, 6.07) is 9.86. The highest BCUT2D eigenvalue weighted by molar-refractivity contribution is 8.00. The third-order valence-corrected chi connectivity index (χ3v) is 4.76. The van der Waals surface area contributed by atoms with Crippen molar-refractivity contribution in [3.63, 3.8) is 0 Å². The average Bonchev–Trinajstić information content (AvgIpc) is 3.04. The first kappa shape index (κ1) is 15.1. The first-order valence-corrected chi connectivity index (χ1v) is 8.55. The van der Waals surface area contributed by atoms with Gasteiger partial charge in [-0.15, -0.1) is 5.10 Å². The molecule has 1 fully saturated rings. The number of benzene rings is 1. The maximum Gasteiger partial charge on any atom is 0.235 e. The van der Waals surface area contributed by atoms with Crippen molar-refractivity contribution in [3.8, 4) is 11.4 Å². The van der Waals surface area contributed by atoms with Gasteiger partial charge in [0.2, 0.25) is 11.1 Å². The maximum absolute atomic E-state index is 12.4. The number of rotatable bonds is 4. The summed E-state index contributed by atoms with van der Waals surface area (Å²) in [6.07, 6.45) is 3.45. The Labute approximate surface area is 134 Å². The lowest BCUT2D eigenvalue weighted by atomic mass is 10.1. The van der Waals surface area contributed by atoms with E-state index in [1.54, 1.807) is 0 Å². The number of H-pyrrole nitrogens is 1. The van der Waals surface area contributed by atoms with Gasteiger partial charge in [0.05, 0.1) is 5.25 Å². The number of amides is 1. The van der Waals surface area contributed by atoms with Gasteiger partial charge in [-0.25, -0.2) is 4.98 Å². The monoisotopic (exact) mass is 316 g/mol. The molecular formula is C16H20N4OS. The topological polar surface area (TPSA) is 61.9 Å². The van der Waals surface area contributed by atoms with E-state index < -0.39 is 0 Å². The van der Waals surface area contributed by atoms with Gasteiger partial charge in [0, 0.05) is 18.7 Å². The molecule has 0 aliphatic carbocycles. The number of aromatic amines is 1. The van der Waals surface area contributed by atoms with E-state index in [2.05, 4.69) is 15.2 Å². The molecule has 2 aromatic rings. The number of hydrogen-bond acceptors (Lipinski definition) is 4. The minimum atomic E-state index is -0.155. The van der Waals surface area contributed by atoms with Crippen LogP contribution in [0.3, 0.4) is 0 Å². The number of thioether (sulfide) groups is 1. The molecule has 0 saturated carbocycles. The second kappa shape index (κ2) is 6.96. The van der Waals surface area contributed by atoms with E-state index in [4.69, 9.17) is 0 Å². The van der Waals surface area contributed by atoms with E-state index in [1.165, 1.54) is 18.2 Å². The van der Waals surface area contributed by atoms with Crippen LogP contribution in [0.1, 0.15) is 26.2 Å². The molecule has 116 valence electrons. The summed E-state index contributed by atoms with van der Waals surface area (Å²) in [6.45, 7) is 3.69. The quantitative estimate of drug-likeness (QED) is 0.881. The minimum Gasteiger partial charge on any atom is -0.342 e. The molecule has 2 heterocycles. The normalized spacial score (nSPS) is 16.5. The molecule has 1 aliphatic heterocycles. The number of carbonyl (C=O) groups excluding carboxylic acids is 1. The van der Waals surface area contributed by atoms with Crippen molar-refractivity contribution < 1.29 is 4.79 Å². The zero-order valence-corrected chi connectivity index (χ0v) is 13.5. The number of carbonyl (C=O) groups is 1. The lowest BCUT2D eigenvalue weighted by Crippen LogP contribution is -2.40. The van der Waals surface area contributed by atoms with Crippen molar-refractivity contribution in [2.45, 2.75) is 36.6 Å². The van der Waals surface area contributed by atoms with Gasteiger partial charge in [0.15, 0.2) is 5.82 Å². The van der Waals surface area contributed by atoms with Crippen LogP contribution in [0.15, 0.2) is 35.5 Å². The van der Waals surface area contributed by atoms with E-state index in [-0.39, 0.29) is 11.2 Å². The van der Waals surface area contributed by atoms with Gasteiger partial charge in [-0.3, -0.25) is 9.89 Å². The van der Waals surface area contributed by atoms with E-state index in [0.29, 0.717) is 5.16 Å². The first-order chi connectivity index (χ1) is 10.7. The summed E-state index contributed by atoms with van der Waals surface area (Å²) in [4.78, 5) is 18.9. The summed E-state index contributed by atoms with van der Waals surface area (Å²) >= 11 is 1.42. The molecule has 1 N–H and O–H groups in total. The van der Waals surface area contributed by atoms with Gasteiger partial charge < -0.3 is 4.90 Å². The third kappa shape index (κ3) is 3.50. The highest BCUT2D eigenvalue weighted by Crippen LogP contribution is 2.24. The molecule has 1 aromatic heterocycles. The van der Waals surface area contributed by atoms with Crippen molar-refractivity contribution in [1.82, 2.24) is 20.1 Å². The fourth-order valence-electron chi connectivity index (χ4n) is 2.60. The van der Waals surface area contributed by atoms with Gasteiger partial charge in [-0.05, 0) is 26.2 Å². The Morgan fingerprint density at radius 3 is 2.68 bits per heavy atom. The molecule has 0 radical (unpaired) electrons. The predicted molar refractivity (Wildman–Crippen MR) is 87.6 cm³/mol. The van der Waals surface area contributed by atoms with E-state index in [1.807, 2.05) is 42.2 Å². The summed E-state index contributed by atoms with van der Waals surface area (Å²) in [5, 5.41) is 7.62. The number of likely N-dealkylation sites (tertiary alicyclic amines) is 1. The Balaban J connectivity index is 1.63. The van der Waals surface area contributed by atoms with Crippen LogP contribution in [-0.2, 0) is 4.79 Å². The van der Waals surface area contributed by atoms with Gasteiger partial charge in [-0.2, -0.15) is 0 Å². The Morgan fingerprint density at radius 2 is 1.95 bits per heavy atom. The highest BCUT2D eigenvalue weighted by atomic mass is 32.2. The molecule has 1 saturated heterocycles. The standard InChI is InChI=1S/C16H20N4OS/c1-12(15(21)20-10-6-3-7-11-20)22-16-17-14(18-19-16)13-8-4-2-5-9-13/h2,4-5,8-9,12H,3,6-7,10-11H2,1H3,(H,17,18,19)/t12-/m1/s1. The summed E-state index contributed by atoms with van der Waals surface area (Å²) in [7, 11) is 0. The Kier molecular flexibility index (Phi) is 4.77. The fourth-order valence-corrected chi connectivity index (χ4v) is 3.41. The second-order valence-corrected chi connectivity index (χ2v) is 6.79. The van der Waals surface area contributed by atoms with E-state index >= 15 is 0 Å². The summed E-state index contributed by atoms with van der Waals surface area (Å²) < 4.78 is 0. The lowest BCUT2D eigenvalue weighted by molar-refractivity contribution is -0.131. The number of hydrogen-bond donors (Lipinski definition) is 1. The predicted octanol–water partition coefficient (Wildman–Crippen LogP) is 2.96. The van der Waals surface area contributed by atoms with Crippen molar-refractivity contribution >= 4 is 17.7 Å². The SMILES string of the molecule is C[C@@H](Sc1n[nH]c(-c2ccccc2)n1)C(=O)N1CCCCC1. The number of piperidine rings is 1. The molecular weight excluding hydrogens is 296 g/mol. The highest BCUT2D eigenvalue weighted by Gasteiger charge is 2.24. The van der Waals surface area contributed by atoms with Crippen LogP contribution in [0, 0.1) is 0 Å². The molecule has 0 spiro atoms. The zero-order valence-electron chi connectivity index (χ0n) is 12.7. The van der Waals surface area contributed by atoms with Crippen molar-refractivity contribution in [1.29, 1.82) is 0 Å². The zero-order chi connectivity index (χ0) is 15.4. The molecule has 3 rings (SSSR count). The van der Waals surface area contributed by atoms with Crippen molar-refractivity contribution in [2.75, 3.05) is 13.1 Å². The van der Waals surface area contributed by atoms with Gasteiger partial charge in [0.25, 0.3) is 0 Å². The van der Waals surface area contributed by atoms with Crippen LogP contribution in [0.2, 0.25) is 0 Å². The van der Waals surface area contributed by atoms with Crippen LogP contribution in [0.5, 0.6) is 0 Å². The molecule has 1 aliphatic rings. The van der Waals surface area contributed by atoms with Crippen molar-refractivity contribution in [3.05, 3.63) is 30.3 Å². The summed E-state index contributed by atoms with van der Waals surface area (Å²) in [5.41, 5.74) is 0.997. The van der Waals surface area contributed by atoms with Crippen molar-refractivity contribution in [2.24, 2.45) is 0 Å². The maximum atomic E-state index is 12.4. The van der Waals surface area contributed by atoms with E-state index in [9.17, 15) is 4.79 Å². The second-order valence-electron chi connectivity index (χ2n) is 5.48. The summed E-state index contributed by atoms with van der Waals surface area (Å²) in [5.74, 6) is 0.927. The number of nitrogens with one attached hydrogen (secondary N) is 1. The largest absolute Gasteiger partial charge is 0.342 e. The Bertz CT molecular complexity index is 622. The van der Waals surface area contributed by atoms with Gasteiger partial charge in [-0.1, -0.05) is 42.1 Å². The molecule has 1 atom stereocenters. The molecule has 1 aromatic carbocycles. The smallest absolute Gasteiger partial charge is 0.235 e. The number of nitrogens with zero attached hydrogens (tertiary/aromatic N) is 3. The minimum absolute atomic E-state index is 0.155. The van der Waals surface area contributed by atoms with Crippen LogP contribution in [0.25, 0.3) is 11.4 Å². The van der Waals surface area contributed by atoms with Gasteiger partial charge >= 0.3 is 0 Å². The Hall–Kier alpha value is -1.82. The van der Waals surface area contributed by atoms with Crippen LogP contribution >= 0.6 is 11.8 Å². The van der Waals surface area contributed by atoms with Crippen LogP contribution in [-0.4, -0.2) is 44.3 Å². The molecule has 0 unspecified atom stereocenters. The van der Waals surface area contributed by atoms with Gasteiger partial charge in [0.1, 0.15) is 0 Å². The molecule has 5 nitrogen and oxygen atoms in total. The number of aromatic nitrogens is 3. The fraction of sp³-hybridized carbons (Fsp3) is 0.438. The molecule has 22 heavy (non-hydrogen) atoms. The molecule has 6 heteroatoms. The molecule has 0 bridgehead atoms.